The van der Waals surface area contributed by atoms with E-state index < -0.39 is 0 Å². The van der Waals surface area contributed by atoms with Gasteiger partial charge in [-0.25, -0.2) is 9.97 Å². The molecule has 3 aromatic rings. The molecule has 1 aromatic carbocycles. The third-order valence-corrected chi connectivity index (χ3v) is 3.43. The van der Waals surface area contributed by atoms with E-state index in [1.54, 1.807) is 59.6 Å². The average molecular weight is 329 g/mol. The van der Waals surface area contributed by atoms with Crippen LogP contribution >= 0.6 is 11.6 Å². The van der Waals surface area contributed by atoms with Gasteiger partial charge >= 0.3 is 0 Å². The van der Waals surface area contributed by atoms with Gasteiger partial charge in [0, 0.05) is 35.2 Å². The van der Waals surface area contributed by atoms with Crippen molar-refractivity contribution in [3.8, 4) is 11.6 Å². The molecule has 0 aliphatic carbocycles. The lowest BCUT2D eigenvalue weighted by molar-refractivity contribution is 0.317. The van der Waals surface area contributed by atoms with Crippen LogP contribution in [-0.2, 0) is 0 Å². The minimum atomic E-state index is 0.338. The third kappa shape index (κ3) is 3.32. The minimum Gasteiger partial charge on any atom is -0.439 e. The Bertz CT molecular complexity index is 826. The molecule has 0 amide bonds. The molecule has 0 saturated carbocycles. The van der Waals surface area contributed by atoms with E-state index in [4.69, 9.17) is 16.3 Å². The highest BCUT2D eigenvalue weighted by Crippen LogP contribution is 2.21. The van der Waals surface area contributed by atoms with Crippen LogP contribution in [0.2, 0.25) is 5.02 Å². The maximum Gasteiger partial charge on any atom is 0.219 e. The second-order valence-electron chi connectivity index (χ2n) is 4.71. The van der Waals surface area contributed by atoms with E-state index in [0.29, 0.717) is 33.9 Å². The van der Waals surface area contributed by atoms with Crippen molar-refractivity contribution < 1.29 is 9.94 Å². The van der Waals surface area contributed by atoms with E-state index >= 15 is 0 Å². The minimum absolute atomic E-state index is 0.338. The standard InChI is InChI=1S/C16H13ClN4O2/c1-11-18-8-9-21(11)16(20-22)12-2-7-15(19-10-12)23-14-5-3-13(17)4-6-14/h2-10,22H,1H3/b20-16-. The molecule has 116 valence electrons. The second-order valence-corrected chi connectivity index (χ2v) is 5.15. The Labute approximate surface area is 137 Å². The summed E-state index contributed by atoms with van der Waals surface area (Å²) in [7, 11) is 0. The maximum atomic E-state index is 9.27. The van der Waals surface area contributed by atoms with Crippen molar-refractivity contribution in [3.05, 3.63) is 71.4 Å². The molecule has 0 bridgehead atoms. The molecule has 3 rings (SSSR count). The molecule has 0 saturated heterocycles. The molecule has 0 fully saturated rings. The Morgan fingerprint density at radius 3 is 2.52 bits per heavy atom. The van der Waals surface area contributed by atoms with Crippen LogP contribution in [0.25, 0.3) is 0 Å². The lowest BCUT2D eigenvalue weighted by Crippen LogP contribution is -2.14. The zero-order valence-corrected chi connectivity index (χ0v) is 13.0. The molecule has 6 nitrogen and oxygen atoms in total. The highest BCUT2D eigenvalue weighted by Gasteiger charge is 2.10. The Hall–Kier alpha value is -2.86. The molecule has 0 unspecified atom stereocenters. The zero-order chi connectivity index (χ0) is 16.2. The van der Waals surface area contributed by atoms with E-state index in [0.717, 1.165) is 0 Å². The molecule has 0 atom stereocenters. The van der Waals surface area contributed by atoms with Crippen LogP contribution in [0, 0.1) is 6.92 Å². The van der Waals surface area contributed by atoms with Crippen molar-refractivity contribution in [1.29, 1.82) is 0 Å². The fourth-order valence-corrected chi connectivity index (χ4v) is 2.17. The Kier molecular flexibility index (Phi) is 4.25. The molecule has 0 aliphatic rings. The van der Waals surface area contributed by atoms with Gasteiger partial charge in [0.15, 0.2) is 5.84 Å². The molecule has 0 radical (unpaired) electrons. The maximum absolute atomic E-state index is 9.27. The quantitative estimate of drug-likeness (QED) is 0.344. The van der Waals surface area contributed by atoms with Gasteiger partial charge < -0.3 is 9.94 Å². The first-order valence-electron chi connectivity index (χ1n) is 6.79. The molecule has 7 heteroatoms. The summed E-state index contributed by atoms with van der Waals surface area (Å²) in [6.45, 7) is 1.82. The van der Waals surface area contributed by atoms with Gasteiger partial charge in [-0.05, 0) is 37.3 Å². The Morgan fingerprint density at radius 2 is 1.96 bits per heavy atom. The van der Waals surface area contributed by atoms with Crippen LogP contribution in [0.15, 0.2) is 60.1 Å². The van der Waals surface area contributed by atoms with Crippen LogP contribution in [-0.4, -0.2) is 25.6 Å². The summed E-state index contributed by atoms with van der Waals surface area (Å²) in [4.78, 5) is 8.33. The topological polar surface area (TPSA) is 72.5 Å². The van der Waals surface area contributed by atoms with E-state index in [1.165, 1.54) is 0 Å². The van der Waals surface area contributed by atoms with E-state index in [1.807, 2.05) is 6.92 Å². The van der Waals surface area contributed by atoms with Gasteiger partial charge in [-0.2, -0.15) is 0 Å². The van der Waals surface area contributed by atoms with Crippen LogP contribution in [0.3, 0.4) is 0 Å². The predicted octanol–water partition coefficient (Wildman–Crippen LogP) is 3.72. The summed E-state index contributed by atoms with van der Waals surface area (Å²) < 4.78 is 7.29. The molecule has 1 N–H and O–H groups in total. The molecule has 0 aliphatic heterocycles. The highest BCUT2D eigenvalue weighted by atomic mass is 35.5. The van der Waals surface area contributed by atoms with Crippen LogP contribution in [0.4, 0.5) is 0 Å². The molecule has 0 spiro atoms. The first-order valence-corrected chi connectivity index (χ1v) is 7.17. The number of aromatic nitrogens is 3. The molecule has 2 aromatic heterocycles. The van der Waals surface area contributed by atoms with Crippen molar-refractivity contribution >= 4 is 17.4 Å². The van der Waals surface area contributed by atoms with Crippen molar-refractivity contribution in [2.24, 2.45) is 5.16 Å². The first kappa shape index (κ1) is 15.1. The summed E-state index contributed by atoms with van der Waals surface area (Å²) in [5, 5.41) is 13.2. The van der Waals surface area contributed by atoms with Gasteiger partial charge in [0.05, 0.1) is 0 Å². The number of oxime groups is 1. The Balaban J connectivity index is 1.81. The van der Waals surface area contributed by atoms with Crippen LogP contribution in [0.5, 0.6) is 11.6 Å². The van der Waals surface area contributed by atoms with E-state index in [2.05, 4.69) is 15.1 Å². The smallest absolute Gasteiger partial charge is 0.219 e. The lowest BCUT2D eigenvalue weighted by Gasteiger charge is -2.08. The summed E-state index contributed by atoms with van der Waals surface area (Å²) in [5.74, 6) is 2.11. The largest absolute Gasteiger partial charge is 0.439 e. The molecule has 2 heterocycles. The molecular weight excluding hydrogens is 316 g/mol. The number of aryl methyl sites for hydroxylation is 1. The molecule has 23 heavy (non-hydrogen) atoms. The number of rotatable bonds is 3. The number of ether oxygens (including phenoxy) is 1. The number of pyridine rings is 1. The summed E-state index contributed by atoms with van der Waals surface area (Å²) >= 11 is 5.83. The summed E-state index contributed by atoms with van der Waals surface area (Å²) in [6.07, 6.45) is 4.91. The third-order valence-electron chi connectivity index (χ3n) is 3.18. The normalized spacial score (nSPS) is 11.5. The monoisotopic (exact) mass is 328 g/mol. The van der Waals surface area contributed by atoms with E-state index in [9.17, 15) is 5.21 Å². The number of imidazole rings is 1. The summed E-state index contributed by atoms with van der Waals surface area (Å²) in [6, 6.07) is 10.4. The number of hydrogen-bond donors (Lipinski definition) is 1. The molecular formula is C16H13ClN4O2. The number of benzene rings is 1. The highest BCUT2D eigenvalue weighted by molar-refractivity contribution is 6.30. The average Bonchev–Trinajstić information content (AvgIpc) is 2.98. The van der Waals surface area contributed by atoms with Gasteiger partial charge in [-0.1, -0.05) is 16.8 Å². The SMILES string of the molecule is Cc1nccn1/C(=N\O)c1ccc(Oc2ccc(Cl)cc2)nc1. The first-order chi connectivity index (χ1) is 11.2. The number of halogens is 1. The fourth-order valence-electron chi connectivity index (χ4n) is 2.04. The fraction of sp³-hybridized carbons (Fsp3) is 0.0625. The zero-order valence-electron chi connectivity index (χ0n) is 12.2. The van der Waals surface area contributed by atoms with Crippen molar-refractivity contribution in [2.45, 2.75) is 6.92 Å². The lowest BCUT2D eigenvalue weighted by atomic mass is 10.2. The van der Waals surface area contributed by atoms with Crippen LogP contribution in [0.1, 0.15) is 11.4 Å². The van der Waals surface area contributed by atoms with E-state index in [-0.39, 0.29) is 0 Å². The van der Waals surface area contributed by atoms with Gasteiger partial charge in [0.2, 0.25) is 5.88 Å². The van der Waals surface area contributed by atoms with Gasteiger partial charge in [0.25, 0.3) is 0 Å². The van der Waals surface area contributed by atoms with Crippen LogP contribution < -0.4 is 4.74 Å². The van der Waals surface area contributed by atoms with Gasteiger partial charge in [0.1, 0.15) is 11.6 Å². The predicted molar refractivity (Wildman–Crippen MR) is 86.4 cm³/mol. The van der Waals surface area contributed by atoms with Gasteiger partial charge in [-0.15, -0.1) is 0 Å². The van der Waals surface area contributed by atoms with Gasteiger partial charge in [-0.3, -0.25) is 4.57 Å². The number of hydrogen-bond acceptors (Lipinski definition) is 5. The summed E-state index contributed by atoms with van der Waals surface area (Å²) in [5.41, 5.74) is 0.636. The Morgan fingerprint density at radius 1 is 1.17 bits per heavy atom. The van der Waals surface area contributed by atoms with Crippen molar-refractivity contribution in [1.82, 2.24) is 14.5 Å². The van der Waals surface area contributed by atoms with Crippen molar-refractivity contribution in [3.63, 3.8) is 0 Å². The second kappa shape index (κ2) is 6.50. The van der Waals surface area contributed by atoms with Crippen molar-refractivity contribution in [2.75, 3.05) is 0 Å². The number of nitrogens with zero attached hydrogens (tertiary/aromatic N) is 4.